The molecule has 0 spiro atoms. The Hall–Kier alpha value is -1.16. The highest BCUT2D eigenvalue weighted by atomic mass is 79.9. The van der Waals surface area contributed by atoms with Crippen molar-refractivity contribution in [3.8, 4) is 5.75 Å². The summed E-state index contributed by atoms with van der Waals surface area (Å²) in [5.41, 5.74) is 0. The summed E-state index contributed by atoms with van der Waals surface area (Å²) >= 11 is 3.32. The van der Waals surface area contributed by atoms with Crippen LogP contribution in [0.25, 0.3) is 0 Å². The Morgan fingerprint density at radius 1 is 1.27 bits per heavy atom. The maximum atomic E-state index is 13.1. The van der Waals surface area contributed by atoms with Crippen LogP contribution in [0.15, 0.2) is 27.6 Å². The highest BCUT2D eigenvalue weighted by molar-refractivity contribution is 9.10. The fourth-order valence-electron chi connectivity index (χ4n) is 3.40. The third-order valence-electron chi connectivity index (χ3n) is 4.80. The lowest BCUT2D eigenvalue weighted by Crippen LogP contribution is -2.49. The van der Waals surface area contributed by atoms with Crippen LogP contribution in [-0.2, 0) is 19.6 Å². The molecule has 1 atom stereocenters. The summed E-state index contributed by atoms with van der Waals surface area (Å²) < 4.78 is 38.9. The number of hydrogen-bond donors (Lipinski definition) is 0. The van der Waals surface area contributed by atoms with Crippen LogP contribution in [0.1, 0.15) is 12.8 Å². The average molecular weight is 447 g/mol. The van der Waals surface area contributed by atoms with Crippen molar-refractivity contribution in [3.05, 3.63) is 22.7 Å². The molecule has 0 saturated carbocycles. The van der Waals surface area contributed by atoms with Crippen molar-refractivity contribution in [2.24, 2.45) is 5.92 Å². The second kappa shape index (κ2) is 8.24. The van der Waals surface area contributed by atoms with Gasteiger partial charge in [-0.1, -0.05) is 15.9 Å². The Morgan fingerprint density at radius 3 is 2.69 bits per heavy atom. The molecule has 0 radical (unpaired) electrons. The zero-order chi connectivity index (χ0) is 18.7. The third-order valence-corrected chi connectivity index (χ3v) is 7.18. The number of carbonyl (C=O) groups excluding carboxylic acids is 1. The third kappa shape index (κ3) is 4.05. The first kappa shape index (κ1) is 19.6. The normalized spacial score (nSPS) is 22.2. The van der Waals surface area contributed by atoms with Gasteiger partial charge in [-0.3, -0.25) is 4.79 Å². The molecule has 0 aliphatic carbocycles. The van der Waals surface area contributed by atoms with E-state index in [0.717, 1.165) is 0 Å². The quantitative estimate of drug-likeness (QED) is 0.703. The SMILES string of the molecule is COc1ccc(Br)cc1S(=O)(=O)N1CCCC(C(=O)N2CCOCC2)C1. The molecule has 1 unspecified atom stereocenters. The monoisotopic (exact) mass is 446 g/mol. The average Bonchev–Trinajstić information content (AvgIpc) is 2.68. The lowest BCUT2D eigenvalue weighted by molar-refractivity contribution is -0.140. The minimum Gasteiger partial charge on any atom is -0.495 e. The van der Waals surface area contributed by atoms with E-state index in [2.05, 4.69) is 15.9 Å². The summed E-state index contributed by atoms with van der Waals surface area (Å²) in [6.07, 6.45) is 1.37. The van der Waals surface area contributed by atoms with Crippen molar-refractivity contribution in [3.63, 3.8) is 0 Å². The minimum absolute atomic E-state index is 0.0226. The standard InChI is InChI=1S/C17H23BrN2O5S/c1-24-15-5-4-14(18)11-16(15)26(22,23)20-6-2-3-13(12-20)17(21)19-7-9-25-10-8-19/h4-5,11,13H,2-3,6-10,12H2,1H3. The van der Waals surface area contributed by atoms with E-state index in [1.165, 1.54) is 11.4 Å². The van der Waals surface area contributed by atoms with Crippen molar-refractivity contribution in [1.29, 1.82) is 0 Å². The number of ether oxygens (including phenoxy) is 2. The van der Waals surface area contributed by atoms with Gasteiger partial charge in [0.15, 0.2) is 0 Å². The van der Waals surface area contributed by atoms with Crippen LogP contribution in [-0.4, -0.2) is 70.0 Å². The molecular formula is C17H23BrN2O5S. The largest absolute Gasteiger partial charge is 0.495 e. The van der Waals surface area contributed by atoms with Crippen LogP contribution in [0.4, 0.5) is 0 Å². The van der Waals surface area contributed by atoms with Crippen molar-refractivity contribution >= 4 is 31.9 Å². The van der Waals surface area contributed by atoms with Gasteiger partial charge in [0.2, 0.25) is 15.9 Å². The number of morpholine rings is 1. The number of rotatable bonds is 4. The minimum atomic E-state index is -3.74. The van der Waals surface area contributed by atoms with E-state index in [9.17, 15) is 13.2 Å². The van der Waals surface area contributed by atoms with Crippen LogP contribution in [0.5, 0.6) is 5.75 Å². The summed E-state index contributed by atoms with van der Waals surface area (Å²) in [5.74, 6) is 0.0130. The second-order valence-corrected chi connectivity index (χ2v) is 9.26. The van der Waals surface area contributed by atoms with E-state index in [0.29, 0.717) is 55.9 Å². The van der Waals surface area contributed by atoms with E-state index in [-0.39, 0.29) is 23.3 Å². The number of nitrogens with zero attached hydrogens (tertiary/aromatic N) is 2. The van der Waals surface area contributed by atoms with Gasteiger partial charge in [0, 0.05) is 30.7 Å². The van der Waals surface area contributed by atoms with Gasteiger partial charge < -0.3 is 14.4 Å². The molecule has 2 saturated heterocycles. The van der Waals surface area contributed by atoms with E-state index in [1.807, 2.05) is 0 Å². The van der Waals surface area contributed by atoms with Crippen LogP contribution in [0.3, 0.4) is 0 Å². The molecule has 2 aliphatic heterocycles. The molecule has 0 N–H and O–H groups in total. The molecule has 2 fully saturated rings. The number of methoxy groups -OCH3 is 1. The summed E-state index contributed by atoms with van der Waals surface area (Å²) in [7, 11) is -2.29. The predicted octanol–water partition coefficient (Wildman–Crippen LogP) is 1.72. The molecule has 3 rings (SSSR count). The number of halogens is 1. The Balaban J connectivity index is 1.80. The number of hydrogen-bond acceptors (Lipinski definition) is 5. The number of piperidine rings is 1. The van der Waals surface area contributed by atoms with Gasteiger partial charge in [-0.25, -0.2) is 8.42 Å². The Morgan fingerprint density at radius 2 is 2.00 bits per heavy atom. The summed E-state index contributed by atoms with van der Waals surface area (Å²) in [6, 6.07) is 4.90. The first-order chi connectivity index (χ1) is 12.4. The van der Waals surface area contributed by atoms with Gasteiger partial charge in [-0.15, -0.1) is 0 Å². The molecule has 1 aromatic rings. The lowest BCUT2D eigenvalue weighted by atomic mass is 9.98. The molecule has 1 aromatic carbocycles. The number of amides is 1. The topological polar surface area (TPSA) is 76.2 Å². The van der Waals surface area contributed by atoms with E-state index in [4.69, 9.17) is 9.47 Å². The van der Waals surface area contributed by atoms with Crippen molar-refractivity contribution in [2.45, 2.75) is 17.7 Å². The molecule has 2 heterocycles. The zero-order valence-electron chi connectivity index (χ0n) is 14.7. The molecule has 144 valence electrons. The molecule has 9 heteroatoms. The van der Waals surface area contributed by atoms with E-state index in [1.54, 1.807) is 23.1 Å². The maximum Gasteiger partial charge on any atom is 0.246 e. The molecule has 1 amide bonds. The smallest absolute Gasteiger partial charge is 0.246 e. The van der Waals surface area contributed by atoms with Gasteiger partial charge >= 0.3 is 0 Å². The molecule has 0 bridgehead atoms. The van der Waals surface area contributed by atoms with E-state index >= 15 is 0 Å². The first-order valence-electron chi connectivity index (χ1n) is 8.63. The fraction of sp³-hybridized carbons (Fsp3) is 0.588. The van der Waals surface area contributed by atoms with Crippen molar-refractivity contribution < 1.29 is 22.7 Å². The van der Waals surface area contributed by atoms with Gasteiger partial charge in [0.25, 0.3) is 0 Å². The van der Waals surface area contributed by atoms with Gasteiger partial charge in [-0.05, 0) is 31.0 Å². The summed E-state index contributed by atoms with van der Waals surface area (Å²) in [6.45, 7) is 2.83. The fourth-order valence-corrected chi connectivity index (χ4v) is 5.61. The Kier molecular flexibility index (Phi) is 6.21. The molecule has 26 heavy (non-hydrogen) atoms. The van der Waals surface area contributed by atoms with Crippen LogP contribution >= 0.6 is 15.9 Å². The molecule has 0 aromatic heterocycles. The predicted molar refractivity (Wildman–Crippen MR) is 99.6 cm³/mol. The molecule has 2 aliphatic rings. The highest BCUT2D eigenvalue weighted by Crippen LogP contribution is 2.32. The van der Waals surface area contributed by atoms with Gasteiger partial charge in [-0.2, -0.15) is 4.31 Å². The Labute approximate surface area is 162 Å². The summed E-state index contributed by atoms with van der Waals surface area (Å²) in [5, 5.41) is 0. The van der Waals surface area contributed by atoms with Gasteiger partial charge in [0.1, 0.15) is 10.6 Å². The van der Waals surface area contributed by atoms with Crippen LogP contribution in [0.2, 0.25) is 0 Å². The zero-order valence-corrected chi connectivity index (χ0v) is 17.1. The van der Waals surface area contributed by atoms with Gasteiger partial charge in [0.05, 0.1) is 26.2 Å². The van der Waals surface area contributed by atoms with Crippen molar-refractivity contribution in [1.82, 2.24) is 9.21 Å². The van der Waals surface area contributed by atoms with E-state index < -0.39 is 10.0 Å². The number of carbonyl (C=O) groups is 1. The lowest BCUT2D eigenvalue weighted by Gasteiger charge is -2.35. The maximum absolute atomic E-state index is 13.1. The first-order valence-corrected chi connectivity index (χ1v) is 10.9. The summed E-state index contributed by atoms with van der Waals surface area (Å²) in [4.78, 5) is 14.7. The van der Waals surface area contributed by atoms with Crippen molar-refractivity contribution in [2.75, 3.05) is 46.5 Å². The second-order valence-electron chi connectivity index (χ2n) is 6.44. The molecule has 7 nitrogen and oxygen atoms in total. The van der Waals surface area contributed by atoms with Crippen LogP contribution < -0.4 is 4.74 Å². The number of benzene rings is 1. The van der Waals surface area contributed by atoms with Crippen LogP contribution in [0, 0.1) is 5.92 Å². The molecular weight excluding hydrogens is 424 g/mol. The number of sulfonamides is 1. The highest BCUT2D eigenvalue weighted by Gasteiger charge is 2.36. The Bertz CT molecular complexity index is 764.